The normalized spacial score (nSPS) is 10.3. The summed E-state index contributed by atoms with van der Waals surface area (Å²) in [4.78, 5) is 16.6. The molecule has 0 atom stereocenters. The van der Waals surface area contributed by atoms with Crippen molar-refractivity contribution in [2.24, 2.45) is 0 Å². The van der Waals surface area contributed by atoms with Crippen LogP contribution in [0, 0.1) is 0 Å². The van der Waals surface area contributed by atoms with E-state index in [1.54, 1.807) is 7.05 Å². The van der Waals surface area contributed by atoms with Crippen LogP contribution in [0.1, 0.15) is 5.69 Å². The van der Waals surface area contributed by atoms with Gasteiger partial charge in [0.25, 0.3) is 0 Å². The number of aromatic nitrogens is 3. The smallest absolute Gasteiger partial charge is 0.414 e. The molecule has 1 heterocycles. The number of amides is 1. The minimum Gasteiger partial charge on any atom is -0.449 e. The van der Waals surface area contributed by atoms with Crippen LogP contribution < -0.4 is 15.6 Å². The molecular weight excluding hydrogens is 284 g/mol. The molecule has 0 unspecified atom stereocenters. The molecule has 2 rings (SSSR count). The van der Waals surface area contributed by atoms with Crippen LogP contribution >= 0.6 is 0 Å². The first kappa shape index (κ1) is 15.6. The number of ether oxygens (including phenoxy) is 1. The highest BCUT2D eigenvalue weighted by Gasteiger charge is 2.13. The third-order valence-corrected chi connectivity index (χ3v) is 3.26. The van der Waals surface area contributed by atoms with Gasteiger partial charge in [-0.1, -0.05) is 0 Å². The molecule has 0 bridgehead atoms. The lowest BCUT2D eigenvalue weighted by Crippen LogP contribution is -2.28. The quantitative estimate of drug-likeness (QED) is 0.825. The number of anilines is 2. The van der Waals surface area contributed by atoms with Crippen LogP contribution in [0.4, 0.5) is 16.2 Å². The van der Waals surface area contributed by atoms with Crippen molar-refractivity contribution < 1.29 is 9.53 Å². The zero-order valence-corrected chi connectivity index (χ0v) is 12.9. The number of rotatable bonds is 5. The fraction of sp³-hybridized carbons (Fsp3) is 0.357. The Labute approximate surface area is 129 Å². The Morgan fingerprint density at radius 1 is 1.23 bits per heavy atom. The molecule has 8 heteroatoms. The second-order valence-corrected chi connectivity index (χ2v) is 5.00. The molecule has 118 valence electrons. The molecule has 0 saturated heterocycles. The van der Waals surface area contributed by atoms with Gasteiger partial charge in [-0.15, -0.1) is 5.10 Å². The highest BCUT2D eigenvalue weighted by molar-refractivity contribution is 5.87. The summed E-state index contributed by atoms with van der Waals surface area (Å²) in [6.45, 7) is 0.212. The van der Waals surface area contributed by atoms with Gasteiger partial charge < -0.3 is 15.5 Å². The number of hydrogen-bond donors (Lipinski definition) is 1. The van der Waals surface area contributed by atoms with E-state index in [4.69, 9.17) is 10.6 Å². The number of benzene rings is 1. The van der Waals surface area contributed by atoms with Crippen LogP contribution in [0.25, 0.3) is 0 Å². The fourth-order valence-electron chi connectivity index (χ4n) is 1.86. The van der Waals surface area contributed by atoms with E-state index in [0.717, 1.165) is 16.2 Å². The predicted molar refractivity (Wildman–Crippen MR) is 84.4 cm³/mol. The van der Waals surface area contributed by atoms with Crippen molar-refractivity contribution in [2.75, 3.05) is 43.4 Å². The van der Waals surface area contributed by atoms with Crippen molar-refractivity contribution >= 4 is 17.5 Å². The topological polar surface area (TPSA) is 89.5 Å². The van der Waals surface area contributed by atoms with E-state index in [-0.39, 0.29) is 6.61 Å². The molecule has 0 radical (unpaired) electrons. The number of nitrogen functional groups attached to an aromatic ring is 1. The molecule has 1 amide bonds. The lowest BCUT2D eigenvalue weighted by atomic mass is 10.2. The maximum Gasteiger partial charge on any atom is 0.414 e. The minimum absolute atomic E-state index is 0.212. The number of carbonyl (C=O) groups excluding carboxylic acids is 1. The van der Waals surface area contributed by atoms with E-state index < -0.39 is 6.09 Å². The van der Waals surface area contributed by atoms with Gasteiger partial charge in [-0.25, -0.2) is 4.79 Å². The van der Waals surface area contributed by atoms with Crippen molar-refractivity contribution in [3.05, 3.63) is 36.2 Å². The Kier molecular flexibility index (Phi) is 4.82. The van der Waals surface area contributed by atoms with Gasteiger partial charge in [0.1, 0.15) is 0 Å². The molecule has 22 heavy (non-hydrogen) atoms. The van der Waals surface area contributed by atoms with Crippen LogP contribution in [-0.4, -0.2) is 48.9 Å². The van der Waals surface area contributed by atoms with Crippen LogP contribution in [0.5, 0.6) is 0 Å². The van der Waals surface area contributed by atoms with Gasteiger partial charge in [0.15, 0.2) is 0 Å². The summed E-state index contributed by atoms with van der Waals surface area (Å²) in [7, 11) is 5.59. The molecule has 0 saturated carbocycles. The first-order valence-corrected chi connectivity index (χ1v) is 6.81. The molecular formula is C14H20N6O2. The summed E-state index contributed by atoms with van der Waals surface area (Å²) in [5.74, 6) is 5.54. The monoisotopic (exact) mass is 304 g/mol. The van der Waals surface area contributed by atoms with Crippen molar-refractivity contribution in [3.8, 4) is 0 Å². The van der Waals surface area contributed by atoms with E-state index >= 15 is 0 Å². The van der Waals surface area contributed by atoms with Crippen LogP contribution in [-0.2, 0) is 11.2 Å². The fourth-order valence-corrected chi connectivity index (χ4v) is 1.86. The van der Waals surface area contributed by atoms with Crippen LogP contribution in [0.3, 0.4) is 0 Å². The lowest BCUT2D eigenvalue weighted by Gasteiger charge is -2.19. The Bertz CT molecular complexity index is 623. The molecule has 0 spiro atoms. The van der Waals surface area contributed by atoms with Gasteiger partial charge in [0, 0.05) is 38.9 Å². The molecule has 1 aromatic carbocycles. The van der Waals surface area contributed by atoms with E-state index in [1.165, 1.54) is 11.1 Å². The molecule has 2 aromatic rings. The Morgan fingerprint density at radius 3 is 2.41 bits per heavy atom. The largest absolute Gasteiger partial charge is 0.449 e. The molecule has 8 nitrogen and oxygen atoms in total. The number of nitrogens with two attached hydrogens (primary N) is 1. The summed E-state index contributed by atoms with van der Waals surface area (Å²) < 4.78 is 5.22. The maximum atomic E-state index is 12.0. The summed E-state index contributed by atoms with van der Waals surface area (Å²) >= 11 is 0. The van der Waals surface area contributed by atoms with Crippen LogP contribution in [0.15, 0.2) is 30.5 Å². The maximum absolute atomic E-state index is 12.0. The van der Waals surface area contributed by atoms with Crippen molar-refractivity contribution in [3.63, 3.8) is 0 Å². The zero-order valence-electron chi connectivity index (χ0n) is 12.9. The van der Waals surface area contributed by atoms with Crippen molar-refractivity contribution in [2.45, 2.75) is 6.42 Å². The third-order valence-electron chi connectivity index (χ3n) is 3.26. The summed E-state index contributed by atoms with van der Waals surface area (Å²) in [5.41, 5.74) is 2.53. The van der Waals surface area contributed by atoms with Crippen molar-refractivity contribution in [1.29, 1.82) is 0 Å². The second kappa shape index (κ2) is 6.79. The van der Waals surface area contributed by atoms with E-state index in [9.17, 15) is 4.79 Å². The van der Waals surface area contributed by atoms with Gasteiger partial charge in [0.05, 0.1) is 18.5 Å². The standard InChI is InChI=1S/C14H20N6O2/c1-18(2)11-4-6-12(7-5-11)19(3)14(21)22-9-8-13-10-16-17-20(13)15/h4-7,10H,8-9,15H2,1-3H3. The zero-order chi connectivity index (χ0) is 16.1. The van der Waals surface area contributed by atoms with Gasteiger partial charge in [-0.05, 0) is 29.5 Å². The minimum atomic E-state index is -0.423. The lowest BCUT2D eigenvalue weighted by molar-refractivity contribution is 0.156. The van der Waals surface area contributed by atoms with E-state index in [2.05, 4.69) is 10.3 Å². The third kappa shape index (κ3) is 3.66. The first-order valence-electron chi connectivity index (χ1n) is 6.81. The highest BCUT2D eigenvalue weighted by atomic mass is 16.6. The molecule has 0 aliphatic heterocycles. The van der Waals surface area contributed by atoms with Gasteiger partial charge in [-0.2, -0.15) is 4.79 Å². The first-order chi connectivity index (χ1) is 10.5. The average molecular weight is 304 g/mol. The van der Waals surface area contributed by atoms with Gasteiger partial charge in [0.2, 0.25) is 0 Å². The highest BCUT2D eigenvalue weighted by Crippen LogP contribution is 2.19. The number of carbonyl (C=O) groups is 1. The van der Waals surface area contributed by atoms with Gasteiger partial charge in [-0.3, -0.25) is 4.90 Å². The Balaban J connectivity index is 1.87. The molecule has 0 aliphatic rings. The predicted octanol–water partition coefficient (Wildman–Crippen LogP) is 0.873. The molecule has 0 aliphatic carbocycles. The molecule has 2 N–H and O–H groups in total. The second-order valence-electron chi connectivity index (χ2n) is 5.00. The Morgan fingerprint density at radius 2 is 1.86 bits per heavy atom. The van der Waals surface area contributed by atoms with E-state index in [1.807, 2.05) is 43.3 Å². The van der Waals surface area contributed by atoms with Crippen molar-refractivity contribution in [1.82, 2.24) is 15.1 Å². The molecule has 0 fully saturated rings. The SMILES string of the molecule is CN(C)c1ccc(N(C)C(=O)OCCc2cnnn2N)cc1. The van der Waals surface area contributed by atoms with Crippen LogP contribution in [0.2, 0.25) is 0 Å². The van der Waals surface area contributed by atoms with Gasteiger partial charge >= 0.3 is 6.09 Å². The molecule has 1 aromatic heterocycles. The summed E-state index contributed by atoms with van der Waals surface area (Å²) in [6.07, 6.45) is 1.58. The average Bonchev–Trinajstić information content (AvgIpc) is 2.92. The number of hydrogen-bond acceptors (Lipinski definition) is 6. The van der Waals surface area contributed by atoms with E-state index in [0.29, 0.717) is 12.1 Å². The summed E-state index contributed by atoms with van der Waals surface area (Å²) in [6, 6.07) is 7.63. The summed E-state index contributed by atoms with van der Waals surface area (Å²) in [5, 5.41) is 7.27. The Hall–Kier alpha value is -2.77. The number of nitrogens with zero attached hydrogens (tertiary/aromatic N) is 5.